The molecule has 1 N–H and O–H groups in total. The monoisotopic (exact) mass is 239 g/mol. The van der Waals surface area contributed by atoms with Gasteiger partial charge in [-0.05, 0) is 34.2 Å². The summed E-state index contributed by atoms with van der Waals surface area (Å²) in [5, 5.41) is 7.99. The standard InChI is InChI=1S/C13H25N3O/c1-7-12(14-5)13-10(3)15-16(11(13)4)9(2)8-17-6/h9,12,14H,7-8H2,1-6H3. The van der Waals surface area contributed by atoms with Crippen molar-refractivity contribution in [2.45, 2.75) is 46.2 Å². The second-order valence-corrected chi connectivity index (χ2v) is 4.58. The maximum atomic E-state index is 5.20. The summed E-state index contributed by atoms with van der Waals surface area (Å²) in [5.74, 6) is 0. The Hall–Kier alpha value is -0.870. The first-order valence-corrected chi connectivity index (χ1v) is 6.28. The van der Waals surface area contributed by atoms with Crippen LogP contribution >= 0.6 is 0 Å². The number of nitrogens with zero attached hydrogens (tertiary/aromatic N) is 2. The van der Waals surface area contributed by atoms with Gasteiger partial charge in [0, 0.05) is 24.4 Å². The first-order valence-electron chi connectivity index (χ1n) is 6.28. The minimum absolute atomic E-state index is 0.279. The van der Waals surface area contributed by atoms with Crippen LogP contribution < -0.4 is 5.32 Å². The van der Waals surface area contributed by atoms with Crippen LogP contribution in [0.2, 0.25) is 0 Å². The number of ether oxygens (including phenoxy) is 1. The van der Waals surface area contributed by atoms with Crippen molar-refractivity contribution in [1.82, 2.24) is 15.1 Å². The molecule has 0 spiro atoms. The van der Waals surface area contributed by atoms with Crippen molar-refractivity contribution in [1.29, 1.82) is 0 Å². The molecule has 0 fully saturated rings. The number of aryl methyl sites for hydroxylation is 1. The van der Waals surface area contributed by atoms with Gasteiger partial charge in [0.25, 0.3) is 0 Å². The van der Waals surface area contributed by atoms with Crippen LogP contribution in [-0.4, -0.2) is 30.5 Å². The molecule has 0 aliphatic heterocycles. The lowest BCUT2D eigenvalue weighted by Gasteiger charge is -2.17. The van der Waals surface area contributed by atoms with E-state index in [-0.39, 0.29) is 6.04 Å². The molecule has 1 heterocycles. The topological polar surface area (TPSA) is 39.1 Å². The molecule has 0 radical (unpaired) electrons. The van der Waals surface area contributed by atoms with Gasteiger partial charge < -0.3 is 10.1 Å². The van der Waals surface area contributed by atoms with Crippen LogP contribution in [0.5, 0.6) is 0 Å². The molecule has 1 rings (SSSR count). The molecule has 0 saturated heterocycles. The molecule has 4 nitrogen and oxygen atoms in total. The number of hydrogen-bond acceptors (Lipinski definition) is 3. The Morgan fingerprint density at radius 3 is 2.53 bits per heavy atom. The third-order valence-electron chi connectivity index (χ3n) is 3.31. The van der Waals surface area contributed by atoms with Gasteiger partial charge >= 0.3 is 0 Å². The van der Waals surface area contributed by atoms with Crippen LogP contribution in [0.3, 0.4) is 0 Å². The van der Waals surface area contributed by atoms with Crippen LogP contribution in [0.25, 0.3) is 0 Å². The lowest BCUT2D eigenvalue weighted by Crippen LogP contribution is -2.18. The van der Waals surface area contributed by atoms with Crippen LogP contribution in [0.15, 0.2) is 0 Å². The first-order chi connectivity index (χ1) is 8.06. The van der Waals surface area contributed by atoms with Crippen molar-refractivity contribution in [3.05, 3.63) is 17.0 Å². The van der Waals surface area contributed by atoms with Gasteiger partial charge in [0.2, 0.25) is 0 Å². The molecular formula is C13H25N3O. The summed E-state index contributed by atoms with van der Waals surface area (Å²) in [6.45, 7) is 9.24. The van der Waals surface area contributed by atoms with Gasteiger partial charge in [-0.25, -0.2) is 0 Å². The quantitative estimate of drug-likeness (QED) is 0.828. The summed E-state index contributed by atoms with van der Waals surface area (Å²) in [7, 11) is 3.73. The summed E-state index contributed by atoms with van der Waals surface area (Å²) < 4.78 is 7.28. The number of nitrogens with one attached hydrogen (secondary N) is 1. The smallest absolute Gasteiger partial charge is 0.0727 e. The van der Waals surface area contributed by atoms with E-state index in [9.17, 15) is 0 Å². The second kappa shape index (κ2) is 6.17. The average Bonchev–Trinajstić information content (AvgIpc) is 2.59. The first kappa shape index (κ1) is 14.2. The Morgan fingerprint density at radius 1 is 1.41 bits per heavy atom. The third kappa shape index (κ3) is 2.87. The minimum atomic E-state index is 0.279. The minimum Gasteiger partial charge on any atom is -0.382 e. The average molecular weight is 239 g/mol. The number of hydrogen-bond donors (Lipinski definition) is 1. The van der Waals surface area contributed by atoms with Gasteiger partial charge in [0.1, 0.15) is 0 Å². The molecular weight excluding hydrogens is 214 g/mol. The molecule has 0 amide bonds. The Bertz CT molecular complexity index is 356. The van der Waals surface area contributed by atoms with Crippen molar-refractivity contribution in [3.63, 3.8) is 0 Å². The van der Waals surface area contributed by atoms with Gasteiger partial charge in [-0.15, -0.1) is 0 Å². The highest BCUT2D eigenvalue weighted by Crippen LogP contribution is 2.25. The zero-order valence-electron chi connectivity index (χ0n) is 11.9. The molecule has 0 bridgehead atoms. The fraction of sp³-hybridized carbons (Fsp3) is 0.769. The van der Waals surface area contributed by atoms with Gasteiger partial charge in [-0.3, -0.25) is 4.68 Å². The van der Waals surface area contributed by atoms with Gasteiger partial charge in [-0.2, -0.15) is 5.10 Å². The molecule has 0 aliphatic carbocycles. The Morgan fingerprint density at radius 2 is 2.06 bits per heavy atom. The summed E-state index contributed by atoms with van der Waals surface area (Å²) in [6.07, 6.45) is 1.07. The second-order valence-electron chi connectivity index (χ2n) is 4.58. The van der Waals surface area contributed by atoms with Crippen LogP contribution in [0.4, 0.5) is 0 Å². The summed E-state index contributed by atoms with van der Waals surface area (Å²) in [4.78, 5) is 0. The Balaban J connectivity index is 3.08. The SMILES string of the molecule is CCC(NC)c1c(C)nn(C(C)COC)c1C. The van der Waals surface area contributed by atoms with Crippen LogP contribution in [0, 0.1) is 13.8 Å². The number of rotatable bonds is 6. The Kier molecular flexibility index (Phi) is 5.15. The zero-order chi connectivity index (χ0) is 13.0. The summed E-state index contributed by atoms with van der Waals surface area (Å²) in [5.41, 5.74) is 3.69. The van der Waals surface area contributed by atoms with E-state index in [1.807, 2.05) is 7.05 Å². The predicted molar refractivity (Wildman–Crippen MR) is 70.4 cm³/mol. The van der Waals surface area contributed by atoms with E-state index in [0.717, 1.165) is 12.1 Å². The van der Waals surface area contributed by atoms with E-state index in [2.05, 4.69) is 42.8 Å². The van der Waals surface area contributed by atoms with E-state index in [1.165, 1.54) is 11.3 Å². The highest BCUT2D eigenvalue weighted by Gasteiger charge is 2.20. The van der Waals surface area contributed by atoms with Crippen LogP contribution in [0.1, 0.15) is 49.3 Å². The summed E-state index contributed by atoms with van der Waals surface area (Å²) >= 11 is 0. The highest BCUT2D eigenvalue weighted by molar-refractivity contribution is 5.28. The maximum absolute atomic E-state index is 5.20. The molecule has 2 atom stereocenters. The van der Waals surface area contributed by atoms with E-state index in [4.69, 9.17) is 4.74 Å². The van der Waals surface area contributed by atoms with E-state index < -0.39 is 0 Å². The van der Waals surface area contributed by atoms with E-state index >= 15 is 0 Å². The molecule has 17 heavy (non-hydrogen) atoms. The van der Waals surface area contributed by atoms with E-state index in [1.54, 1.807) is 7.11 Å². The highest BCUT2D eigenvalue weighted by atomic mass is 16.5. The molecule has 1 aromatic rings. The Labute approximate surface area is 104 Å². The molecule has 98 valence electrons. The summed E-state index contributed by atoms with van der Waals surface area (Å²) in [6, 6.07) is 0.667. The molecule has 4 heteroatoms. The van der Waals surface area contributed by atoms with Crippen LogP contribution in [-0.2, 0) is 4.74 Å². The van der Waals surface area contributed by atoms with Crippen molar-refractivity contribution in [3.8, 4) is 0 Å². The zero-order valence-corrected chi connectivity index (χ0v) is 11.9. The van der Waals surface area contributed by atoms with E-state index in [0.29, 0.717) is 12.6 Å². The van der Waals surface area contributed by atoms with Crippen molar-refractivity contribution in [2.75, 3.05) is 20.8 Å². The molecule has 2 unspecified atom stereocenters. The largest absolute Gasteiger partial charge is 0.382 e. The van der Waals surface area contributed by atoms with Gasteiger partial charge in [0.05, 0.1) is 18.3 Å². The van der Waals surface area contributed by atoms with Crippen molar-refractivity contribution in [2.24, 2.45) is 0 Å². The maximum Gasteiger partial charge on any atom is 0.0727 e. The fourth-order valence-electron chi connectivity index (χ4n) is 2.47. The van der Waals surface area contributed by atoms with Crippen molar-refractivity contribution >= 4 is 0 Å². The van der Waals surface area contributed by atoms with Crippen molar-refractivity contribution < 1.29 is 4.74 Å². The molecule has 1 aromatic heterocycles. The normalized spacial score (nSPS) is 14.9. The number of aromatic nitrogens is 2. The molecule has 0 saturated carbocycles. The predicted octanol–water partition coefficient (Wildman–Crippen LogP) is 2.38. The number of methoxy groups -OCH3 is 1. The van der Waals surface area contributed by atoms with Gasteiger partial charge in [-0.1, -0.05) is 6.92 Å². The lowest BCUT2D eigenvalue weighted by atomic mass is 10.0. The molecule has 0 aromatic carbocycles. The van der Waals surface area contributed by atoms with Gasteiger partial charge in [0.15, 0.2) is 0 Å². The molecule has 0 aliphatic rings. The lowest BCUT2D eigenvalue weighted by molar-refractivity contribution is 0.156. The third-order valence-corrected chi connectivity index (χ3v) is 3.31. The fourth-order valence-corrected chi connectivity index (χ4v) is 2.47.